The molecule has 0 aromatic carbocycles. The molecule has 0 nitrogen and oxygen atoms in total. The second-order valence-corrected chi connectivity index (χ2v) is 0.909. The summed E-state index contributed by atoms with van der Waals surface area (Å²) in [5.41, 5.74) is 0. The molecule has 0 rings (SSSR count). The van der Waals surface area contributed by atoms with Gasteiger partial charge in [-0.05, 0) is 0 Å². The standard InChI is InChI=1S/CH2Cl2.ClH.Pt/c2-1-3;;/h1H2;1H;/q;;+1/p-1. The van der Waals surface area contributed by atoms with E-state index in [0.717, 1.165) is 0 Å². The fraction of sp³-hybridized carbons (Fsp3) is 1.00. The van der Waals surface area contributed by atoms with Gasteiger partial charge in [0, 0.05) is 0 Å². The van der Waals surface area contributed by atoms with Gasteiger partial charge in [-0.2, -0.15) is 0 Å². The summed E-state index contributed by atoms with van der Waals surface area (Å²) in [6.45, 7) is 0. The molecular weight excluding hydrogens is 313 g/mol. The van der Waals surface area contributed by atoms with Crippen LogP contribution in [0.15, 0.2) is 0 Å². The average molecular weight is 315 g/mol. The Labute approximate surface area is 56.6 Å². The van der Waals surface area contributed by atoms with Gasteiger partial charge in [-0.15, -0.1) is 23.2 Å². The van der Waals surface area contributed by atoms with E-state index in [0.29, 0.717) is 0 Å². The first-order chi connectivity index (χ1) is 2.41. The molecule has 0 aliphatic carbocycles. The van der Waals surface area contributed by atoms with Crippen LogP contribution in [0.4, 0.5) is 0 Å². The fourth-order valence-corrected chi connectivity index (χ4v) is 0. The van der Waals surface area contributed by atoms with Gasteiger partial charge in [-0.1, -0.05) is 0 Å². The van der Waals surface area contributed by atoms with Crippen molar-refractivity contribution in [3.8, 4) is 0 Å². The van der Waals surface area contributed by atoms with Crippen LogP contribution >= 0.6 is 32.6 Å². The third-order valence-corrected chi connectivity index (χ3v) is 0. The Hall–Kier alpha value is 1.56. The van der Waals surface area contributed by atoms with Gasteiger partial charge in [0.15, 0.2) is 0 Å². The quantitative estimate of drug-likeness (QED) is 0.601. The van der Waals surface area contributed by atoms with Gasteiger partial charge in [0.2, 0.25) is 0 Å². The van der Waals surface area contributed by atoms with Crippen LogP contribution in [0.2, 0.25) is 0 Å². The predicted octanol–water partition coefficient (Wildman–Crippen LogP) is 2.11. The number of rotatable bonds is 0. The SMILES string of the molecule is ClCCl.[Cl][Pt]. The molecule has 0 unspecified atom stereocenters. The van der Waals surface area contributed by atoms with Crippen LogP contribution in [0.3, 0.4) is 0 Å². The van der Waals surface area contributed by atoms with Crippen molar-refractivity contribution in [3.63, 3.8) is 0 Å². The Morgan fingerprint density at radius 3 is 1.20 bits per heavy atom. The van der Waals surface area contributed by atoms with E-state index in [1.54, 1.807) is 18.8 Å². The van der Waals surface area contributed by atoms with Gasteiger partial charge in [0.05, 0.1) is 5.34 Å². The molecule has 0 amide bonds. The molecule has 0 aromatic heterocycles. The van der Waals surface area contributed by atoms with E-state index in [9.17, 15) is 0 Å². The summed E-state index contributed by atoms with van der Waals surface area (Å²) >= 11 is 11.1. The van der Waals surface area contributed by atoms with Crippen LogP contribution in [0.5, 0.6) is 0 Å². The topological polar surface area (TPSA) is 0 Å². The van der Waals surface area contributed by atoms with Crippen molar-refractivity contribution in [2.45, 2.75) is 0 Å². The number of alkyl halides is 2. The van der Waals surface area contributed by atoms with E-state index >= 15 is 0 Å². The molecule has 0 radical (unpaired) electrons. The molecule has 0 saturated heterocycles. The molecule has 0 bridgehead atoms. The van der Waals surface area contributed by atoms with Gasteiger partial charge in [0.1, 0.15) is 0 Å². The second-order valence-electron chi connectivity index (χ2n) is 0.101. The van der Waals surface area contributed by atoms with Crippen LogP contribution in [0.25, 0.3) is 0 Å². The third-order valence-electron chi connectivity index (χ3n) is 0. The normalized spacial score (nSPS) is 5.00. The molecule has 0 fully saturated rings. The van der Waals surface area contributed by atoms with Gasteiger partial charge in [0.25, 0.3) is 0 Å². The van der Waals surface area contributed by atoms with Crippen LogP contribution in [0.1, 0.15) is 0 Å². The van der Waals surface area contributed by atoms with Gasteiger partial charge in [-0.3, -0.25) is 0 Å². The van der Waals surface area contributed by atoms with Crippen molar-refractivity contribution in [2.24, 2.45) is 0 Å². The zero-order chi connectivity index (χ0) is 4.71. The van der Waals surface area contributed by atoms with Gasteiger partial charge < -0.3 is 0 Å². The van der Waals surface area contributed by atoms with Gasteiger partial charge >= 0.3 is 28.2 Å². The number of halogens is 3. The summed E-state index contributed by atoms with van der Waals surface area (Å²) in [7, 11) is 4.61. The molecular formula is CH2Cl3Pt. The van der Waals surface area contributed by atoms with E-state index in [-0.39, 0.29) is 5.34 Å². The zero-order valence-electron chi connectivity index (χ0n) is 2.16. The Balaban J connectivity index is 0. The predicted molar refractivity (Wildman–Crippen MR) is 22.4 cm³/mol. The van der Waals surface area contributed by atoms with E-state index in [2.05, 4.69) is 9.42 Å². The van der Waals surface area contributed by atoms with E-state index < -0.39 is 0 Å². The maximum absolute atomic E-state index is 4.76. The average Bonchev–Trinajstić information content (AvgIpc) is 1.46. The Morgan fingerprint density at radius 1 is 1.20 bits per heavy atom. The van der Waals surface area contributed by atoms with Crippen LogP contribution in [-0.4, -0.2) is 5.34 Å². The fourth-order valence-electron chi connectivity index (χ4n) is 0. The van der Waals surface area contributed by atoms with Crippen LogP contribution in [0, 0.1) is 0 Å². The van der Waals surface area contributed by atoms with E-state index in [1.165, 1.54) is 0 Å². The molecule has 0 aromatic rings. The molecule has 37 valence electrons. The summed E-state index contributed by atoms with van der Waals surface area (Å²) in [5.74, 6) is 0. The molecule has 5 heavy (non-hydrogen) atoms. The molecule has 0 spiro atoms. The van der Waals surface area contributed by atoms with E-state index in [4.69, 9.17) is 23.2 Å². The Bertz CT molecular complexity index is 6.85. The third kappa shape index (κ3) is 29.0. The molecule has 0 saturated carbocycles. The van der Waals surface area contributed by atoms with Gasteiger partial charge in [-0.25, -0.2) is 0 Å². The van der Waals surface area contributed by atoms with Crippen molar-refractivity contribution in [1.29, 1.82) is 0 Å². The first-order valence-electron chi connectivity index (χ1n) is 0.654. The Morgan fingerprint density at radius 2 is 1.20 bits per heavy atom. The van der Waals surface area contributed by atoms with E-state index in [1.807, 2.05) is 0 Å². The first kappa shape index (κ1) is 9.75. The van der Waals surface area contributed by atoms with Crippen molar-refractivity contribution in [1.82, 2.24) is 0 Å². The van der Waals surface area contributed by atoms with Crippen molar-refractivity contribution in [3.05, 3.63) is 0 Å². The Kier molecular flexibility index (Phi) is 34.4. The van der Waals surface area contributed by atoms with Crippen molar-refractivity contribution in [2.75, 3.05) is 5.34 Å². The first-order valence-corrected chi connectivity index (χ1v) is 4.54. The summed E-state index contributed by atoms with van der Waals surface area (Å²) in [6.07, 6.45) is 0. The second kappa shape index (κ2) is 17.6. The monoisotopic (exact) mass is 314 g/mol. The molecule has 0 aliphatic heterocycles. The molecule has 0 atom stereocenters. The van der Waals surface area contributed by atoms with Crippen molar-refractivity contribution >= 4 is 32.6 Å². The summed E-state index contributed by atoms with van der Waals surface area (Å²) in [5, 5.41) is 0.194. The minimum absolute atomic E-state index is 0.194. The summed E-state index contributed by atoms with van der Waals surface area (Å²) < 4.78 is 0. The molecule has 0 heterocycles. The molecule has 4 heteroatoms. The molecule has 0 aliphatic rings. The minimum atomic E-state index is 0.194. The summed E-state index contributed by atoms with van der Waals surface area (Å²) in [4.78, 5) is 0. The maximum atomic E-state index is 4.76. The van der Waals surface area contributed by atoms with Crippen LogP contribution < -0.4 is 0 Å². The number of hydrogen-bond donors (Lipinski definition) is 0. The summed E-state index contributed by atoms with van der Waals surface area (Å²) in [6, 6.07) is 0. The van der Waals surface area contributed by atoms with Crippen molar-refractivity contribution < 1.29 is 18.8 Å². The van der Waals surface area contributed by atoms with Crippen LogP contribution in [-0.2, 0) is 18.8 Å². The zero-order valence-corrected chi connectivity index (χ0v) is 6.70. The number of hydrogen-bond acceptors (Lipinski definition) is 0. The molecule has 0 N–H and O–H groups in total.